The molecule has 0 N–H and O–H groups in total. The molecule has 1 unspecified atom stereocenters. The Kier molecular flexibility index (Phi) is 4.70. The second-order valence-corrected chi connectivity index (χ2v) is 5.34. The fourth-order valence-corrected chi connectivity index (χ4v) is 1.10. The predicted octanol–water partition coefficient (Wildman–Crippen LogP) is 1.97. The average Bonchev–Trinajstić information content (AvgIpc) is 2.14. The van der Waals surface area contributed by atoms with Gasteiger partial charge in [0.2, 0.25) is 0 Å². The zero-order chi connectivity index (χ0) is 13.9. The fourth-order valence-electron chi connectivity index (χ4n) is 1.10. The van der Waals surface area contributed by atoms with Crippen LogP contribution in [-0.2, 0) is 9.53 Å². The zero-order valence-corrected chi connectivity index (χ0v) is 11.3. The van der Waals surface area contributed by atoms with Gasteiger partial charge >= 0.3 is 6.09 Å². The highest BCUT2D eigenvalue weighted by molar-refractivity contribution is 5.85. The topological polar surface area (TPSA) is 70.4 Å². The molecular formula is C12H20N2O3. The average molecular weight is 240 g/mol. The van der Waals surface area contributed by atoms with Gasteiger partial charge in [-0.05, 0) is 34.6 Å². The summed E-state index contributed by atoms with van der Waals surface area (Å²) in [7, 11) is 1.51. The Labute approximate surface area is 102 Å². The van der Waals surface area contributed by atoms with Crippen molar-refractivity contribution in [2.75, 3.05) is 13.6 Å². The third kappa shape index (κ3) is 4.85. The van der Waals surface area contributed by atoms with Gasteiger partial charge in [0.15, 0.2) is 5.78 Å². The number of rotatable bonds is 3. The number of nitriles is 1. The summed E-state index contributed by atoms with van der Waals surface area (Å²) in [6.45, 7) is 8.14. The lowest BCUT2D eigenvalue weighted by molar-refractivity contribution is -0.123. The van der Waals surface area contributed by atoms with Gasteiger partial charge in [0.1, 0.15) is 11.0 Å². The molecule has 17 heavy (non-hydrogen) atoms. The van der Waals surface area contributed by atoms with Crippen LogP contribution in [-0.4, -0.2) is 36.0 Å². The smallest absolute Gasteiger partial charge is 0.410 e. The summed E-state index contributed by atoms with van der Waals surface area (Å²) in [4.78, 5) is 24.2. The van der Waals surface area contributed by atoms with Crippen molar-refractivity contribution in [3.8, 4) is 6.07 Å². The van der Waals surface area contributed by atoms with Gasteiger partial charge in [-0.2, -0.15) is 5.26 Å². The molecule has 0 bridgehead atoms. The molecule has 0 aromatic rings. The first kappa shape index (κ1) is 15.4. The number of nitrogens with zero attached hydrogens (tertiary/aromatic N) is 2. The quantitative estimate of drug-likeness (QED) is 0.756. The van der Waals surface area contributed by atoms with E-state index in [1.165, 1.54) is 25.8 Å². The van der Waals surface area contributed by atoms with E-state index < -0.39 is 17.1 Å². The SMILES string of the molecule is CC(=O)C(C)(C#N)CN(C)C(=O)OC(C)(C)C. The van der Waals surface area contributed by atoms with E-state index in [1.54, 1.807) is 20.8 Å². The highest BCUT2D eigenvalue weighted by Crippen LogP contribution is 2.19. The monoisotopic (exact) mass is 240 g/mol. The van der Waals surface area contributed by atoms with Gasteiger partial charge < -0.3 is 9.64 Å². The van der Waals surface area contributed by atoms with E-state index >= 15 is 0 Å². The number of hydrogen-bond donors (Lipinski definition) is 0. The van der Waals surface area contributed by atoms with Crippen molar-refractivity contribution in [3.63, 3.8) is 0 Å². The minimum atomic E-state index is -1.19. The summed E-state index contributed by atoms with van der Waals surface area (Å²) in [6.07, 6.45) is -0.541. The Hall–Kier alpha value is -1.57. The third-order valence-corrected chi connectivity index (χ3v) is 2.28. The lowest BCUT2D eigenvalue weighted by atomic mass is 9.88. The van der Waals surface area contributed by atoms with Gasteiger partial charge in [-0.1, -0.05) is 0 Å². The van der Waals surface area contributed by atoms with Crippen molar-refractivity contribution in [1.82, 2.24) is 4.90 Å². The van der Waals surface area contributed by atoms with Gasteiger partial charge in [0.25, 0.3) is 0 Å². The normalized spacial score (nSPS) is 14.4. The second kappa shape index (κ2) is 5.17. The molecule has 0 saturated carbocycles. The van der Waals surface area contributed by atoms with Crippen LogP contribution in [0.1, 0.15) is 34.6 Å². The van der Waals surface area contributed by atoms with Crippen LogP contribution in [0, 0.1) is 16.7 Å². The van der Waals surface area contributed by atoms with Crippen molar-refractivity contribution in [2.24, 2.45) is 5.41 Å². The Morgan fingerprint density at radius 2 is 1.76 bits per heavy atom. The molecule has 96 valence electrons. The number of ketones is 1. The number of hydrogen-bond acceptors (Lipinski definition) is 4. The first-order chi connectivity index (χ1) is 7.52. The van der Waals surface area contributed by atoms with Crippen LogP contribution >= 0.6 is 0 Å². The zero-order valence-electron chi connectivity index (χ0n) is 11.3. The molecular weight excluding hydrogens is 220 g/mol. The summed E-state index contributed by atoms with van der Waals surface area (Å²) in [5.74, 6) is -0.268. The highest BCUT2D eigenvalue weighted by Gasteiger charge is 2.33. The molecule has 0 aromatic carbocycles. The predicted molar refractivity (Wildman–Crippen MR) is 63.3 cm³/mol. The van der Waals surface area contributed by atoms with Gasteiger partial charge in [-0.3, -0.25) is 4.79 Å². The van der Waals surface area contributed by atoms with Crippen molar-refractivity contribution in [3.05, 3.63) is 0 Å². The number of ether oxygens (including phenoxy) is 1. The molecule has 1 amide bonds. The summed E-state index contributed by atoms with van der Waals surface area (Å²) >= 11 is 0. The molecule has 0 spiro atoms. The van der Waals surface area contributed by atoms with E-state index in [4.69, 9.17) is 10.00 Å². The van der Waals surface area contributed by atoms with Crippen LogP contribution in [0.2, 0.25) is 0 Å². The van der Waals surface area contributed by atoms with Crippen LogP contribution in [0.15, 0.2) is 0 Å². The molecule has 1 atom stereocenters. The summed E-state index contributed by atoms with van der Waals surface area (Å²) < 4.78 is 5.14. The molecule has 5 heteroatoms. The van der Waals surface area contributed by atoms with Gasteiger partial charge in [0.05, 0.1) is 6.07 Å². The number of amides is 1. The molecule has 0 aliphatic heterocycles. The molecule has 0 aliphatic rings. The van der Waals surface area contributed by atoms with Gasteiger partial charge in [-0.25, -0.2) is 4.79 Å². The molecule has 5 nitrogen and oxygen atoms in total. The van der Waals surface area contributed by atoms with Crippen molar-refractivity contribution in [2.45, 2.75) is 40.2 Å². The Morgan fingerprint density at radius 3 is 2.06 bits per heavy atom. The van der Waals surface area contributed by atoms with Gasteiger partial charge in [-0.15, -0.1) is 0 Å². The highest BCUT2D eigenvalue weighted by atomic mass is 16.6. The minimum Gasteiger partial charge on any atom is -0.444 e. The Morgan fingerprint density at radius 1 is 1.29 bits per heavy atom. The number of carbonyl (C=O) groups excluding carboxylic acids is 2. The van der Waals surface area contributed by atoms with E-state index in [0.29, 0.717) is 0 Å². The number of Topliss-reactive ketones (excluding diaryl/α,β-unsaturated/α-hetero) is 1. The summed E-state index contributed by atoms with van der Waals surface area (Å²) in [6, 6.07) is 1.93. The number of carbonyl (C=O) groups is 2. The van der Waals surface area contributed by atoms with Crippen LogP contribution in [0.3, 0.4) is 0 Å². The third-order valence-electron chi connectivity index (χ3n) is 2.28. The standard InChI is InChI=1S/C12H20N2O3/c1-9(15)12(5,7-13)8-14(6)10(16)17-11(2,3)4/h8H2,1-6H3. The molecule has 0 rings (SSSR count). The lowest BCUT2D eigenvalue weighted by Gasteiger charge is -2.28. The van der Waals surface area contributed by atoms with Gasteiger partial charge in [0, 0.05) is 13.6 Å². The maximum Gasteiger partial charge on any atom is 0.410 e. The van der Waals surface area contributed by atoms with Crippen LogP contribution in [0.5, 0.6) is 0 Å². The van der Waals surface area contributed by atoms with E-state index in [-0.39, 0.29) is 12.3 Å². The second-order valence-electron chi connectivity index (χ2n) is 5.34. The van der Waals surface area contributed by atoms with Crippen molar-refractivity contribution >= 4 is 11.9 Å². The summed E-state index contributed by atoms with van der Waals surface area (Å²) in [5.41, 5.74) is -1.78. The van der Waals surface area contributed by atoms with E-state index in [2.05, 4.69) is 0 Å². The minimum absolute atomic E-state index is 0.0216. The maximum absolute atomic E-state index is 11.7. The fraction of sp³-hybridized carbons (Fsp3) is 0.750. The summed E-state index contributed by atoms with van der Waals surface area (Å²) in [5, 5.41) is 8.97. The van der Waals surface area contributed by atoms with E-state index in [0.717, 1.165) is 0 Å². The molecule has 0 saturated heterocycles. The van der Waals surface area contributed by atoms with E-state index in [9.17, 15) is 9.59 Å². The van der Waals surface area contributed by atoms with Crippen molar-refractivity contribution < 1.29 is 14.3 Å². The lowest BCUT2D eigenvalue weighted by Crippen LogP contribution is -2.42. The van der Waals surface area contributed by atoms with Crippen LogP contribution in [0.4, 0.5) is 4.79 Å². The molecule has 0 fully saturated rings. The molecule has 0 aliphatic carbocycles. The van der Waals surface area contributed by atoms with Crippen LogP contribution < -0.4 is 0 Å². The molecule has 0 heterocycles. The van der Waals surface area contributed by atoms with Crippen LogP contribution in [0.25, 0.3) is 0 Å². The van der Waals surface area contributed by atoms with E-state index in [1.807, 2.05) is 6.07 Å². The molecule has 0 radical (unpaired) electrons. The largest absolute Gasteiger partial charge is 0.444 e. The van der Waals surface area contributed by atoms with Crippen molar-refractivity contribution in [1.29, 1.82) is 5.26 Å². The first-order valence-corrected chi connectivity index (χ1v) is 5.38. The first-order valence-electron chi connectivity index (χ1n) is 5.38. The Balaban J connectivity index is 4.66. The molecule has 0 aromatic heterocycles. The Bertz CT molecular complexity index is 352. The maximum atomic E-state index is 11.7.